The molecule has 6 nitrogen and oxygen atoms in total. The predicted molar refractivity (Wildman–Crippen MR) is 101 cm³/mol. The Morgan fingerprint density at radius 3 is 2.92 bits per heavy atom. The van der Waals surface area contributed by atoms with Crippen molar-refractivity contribution in [1.82, 2.24) is 14.8 Å². The number of rotatable bonds is 7. The Labute approximate surface area is 159 Å². The van der Waals surface area contributed by atoms with Crippen molar-refractivity contribution >= 4 is 35.0 Å². The molecule has 0 saturated heterocycles. The van der Waals surface area contributed by atoms with E-state index in [2.05, 4.69) is 15.5 Å². The van der Waals surface area contributed by atoms with Crippen LogP contribution in [0.5, 0.6) is 0 Å². The molecule has 1 aromatic carbocycles. The fourth-order valence-electron chi connectivity index (χ4n) is 2.65. The number of benzene rings is 1. The second-order valence-electron chi connectivity index (χ2n) is 6.13. The number of halogens is 1. The zero-order valence-electron chi connectivity index (χ0n) is 13.9. The van der Waals surface area contributed by atoms with Gasteiger partial charge >= 0.3 is 0 Å². The van der Waals surface area contributed by atoms with Crippen molar-refractivity contribution in [2.45, 2.75) is 30.5 Å². The summed E-state index contributed by atoms with van der Waals surface area (Å²) in [5.41, 5.74) is 0.679. The van der Waals surface area contributed by atoms with Crippen molar-refractivity contribution in [3.8, 4) is 0 Å². The topological polar surface area (TPSA) is 73.0 Å². The molecule has 0 atom stereocenters. The summed E-state index contributed by atoms with van der Waals surface area (Å²) < 4.78 is 7.50. The lowest BCUT2D eigenvalue weighted by atomic mass is 10.3. The first-order valence-electron chi connectivity index (χ1n) is 8.33. The Morgan fingerprint density at radius 1 is 1.31 bits per heavy atom. The Balaban J connectivity index is 1.43. The van der Waals surface area contributed by atoms with E-state index < -0.39 is 0 Å². The van der Waals surface area contributed by atoms with Crippen LogP contribution in [-0.2, 0) is 11.3 Å². The molecule has 1 N–H and O–H groups in total. The van der Waals surface area contributed by atoms with Crippen molar-refractivity contribution < 1.29 is 9.21 Å². The van der Waals surface area contributed by atoms with Gasteiger partial charge in [0.15, 0.2) is 5.16 Å². The van der Waals surface area contributed by atoms with Gasteiger partial charge in [0, 0.05) is 16.6 Å². The summed E-state index contributed by atoms with van der Waals surface area (Å²) >= 11 is 7.31. The number of carbonyl (C=O) groups is 1. The number of carbonyl (C=O) groups excluding carboxylic acids is 1. The first-order chi connectivity index (χ1) is 12.7. The van der Waals surface area contributed by atoms with Crippen molar-refractivity contribution in [1.29, 1.82) is 0 Å². The third-order valence-corrected chi connectivity index (χ3v) is 5.22. The van der Waals surface area contributed by atoms with E-state index in [0.717, 1.165) is 29.6 Å². The molecule has 0 bridgehead atoms. The number of anilines is 1. The van der Waals surface area contributed by atoms with Crippen LogP contribution < -0.4 is 5.32 Å². The molecule has 4 rings (SSSR count). The number of hydrogen-bond donors (Lipinski definition) is 1. The number of nitrogens with one attached hydrogen (secondary N) is 1. The smallest absolute Gasteiger partial charge is 0.234 e. The van der Waals surface area contributed by atoms with Crippen LogP contribution in [0.4, 0.5) is 5.69 Å². The highest BCUT2D eigenvalue weighted by atomic mass is 35.5. The summed E-state index contributed by atoms with van der Waals surface area (Å²) in [6.07, 6.45) is 3.92. The van der Waals surface area contributed by atoms with Gasteiger partial charge in [-0.25, -0.2) is 0 Å². The highest BCUT2D eigenvalue weighted by Gasteiger charge is 2.30. The SMILES string of the molecule is O=C(CSc1nnc(C2CC2)n1Cc1ccco1)Nc1cccc(Cl)c1. The zero-order chi connectivity index (χ0) is 17.9. The highest BCUT2D eigenvalue weighted by Crippen LogP contribution is 2.40. The zero-order valence-corrected chi connectivity index (χ0v) is 15.5. The summed E-state index contributed by atoms with van der Waals surface area (Å²) in [5, 5.41) is 12.8. The largest absolute Gasteiger partial charge is 0.467 e. The molecule has 1 aliphatic carbocycles. The standard InChI is InChI=1S/C18H17ClN4O2S/c19-13-3-1-4-14(9-13)20-16(24)11-26-18-22-21-17(12-6-7-12)23(18)10-15-5-2-8-25-15/h1-5,8-9,12H,6-7,10-11H2,(H,20,24). The molecule has 134 valence electrons. The van der Waals surface area contributed by atoms with Crippen LogP contribution in [0.3, 0.4) is 0 Å². The minimum atomic E-state index is -0.113. The van der Waals surface area contributed by atoms with E-state index in [1.165, 1.54) is 11.8 Å². The van der Waals surface area contributed by atoms with Crippen LogP contribution in [-0.4, -0.2) is 26.4 Å². The molecule has 3 aromatic rings. The highest BCUT2D eigenvalue weighted by molar-refractivity contribution is 7.99. The molecule has 1 amide bonds. The van der Waals surface area contributed by atoms with Gasteiger partial charge in [-0.2, -0.15) is 0 Å². The monoisotopic (exact) mass is 388 g/mol. The van der Waals surface area contributed by atoms with Gasteiger partial charge in [0.2, 0.25) is 5.91 Å². The molecule has 0 radical (unpaired) electrons. The molecule has 26 heavy (non-hydrogen) atoms. The quantitative estimate of drug-likeness (QED) is 0.614. The van der Waals surface area contributed by atoms with E-state index in [-0.39, 0.29) is 11.7 Å². The second kappa shape index (κ2) is 7.55. The normalized spacial score (nSPS) is 13.7. The van der Waals surface area contributed by atoms with Crippen LogP contribution in [0.1, 0.15) is 30.3 Å². The summed E-state index contributed by atoms with van der Waals surface area (Å²) in [6.45, 7) is 0.573. The van der Waals surface area contributed by atoms with Gasteiger partial charge in [-0.1, -0.05) is 29.4 Å². The van der Waals surface area contributed by atoms with Crippen molar-refractivity contribution in [2.75, 3.05) is 11.1 Å². The van der Waals surface area contributed by atoms with Gasteiger partial charge in [0.1, 0.15) is 11.6 Å². The molecule has 1 saturated carbocycles. The first kappa shape index (κ1) is 17.2. The van der Waals surface area contributed by atoms with Crippen LogP contribution in [0.15, 0.2) is 52.2 Å². The second-order valence-corrected chi connectivity index (χ2v) is 7.51. The van der Waals surface area contributed by atoms with E-state index in [1.54, 1.807) is 30.5 Å². The number of amides is 1. The molecule has 8 heteroatoms. The van der Waals surface area contributed by atoms with Gasteiger partial charge in [-0.05, 0) is 43.2 Å². The van der Waals surface area contributed by atoms with E-state index in [1.807, 2.05) is 16.7 Å². The third-order valence-electron chi connectivity index (χ3n) is 4.02. The van der Waals surface area contributed by atoms with Gasteiger partial charge in [0.05, 0.1) is 18.6 Å². The maximum absolute atomic E-state index is 12.2. The van der Waals surface area contributed by atoms with Crippen LogP contribution in [0.25, 0.3) is 0 Å². The Morgan fingerprint density at radius 2 is 2.19 bits per heavy atom. The van der Waals surface area contributed by atoms with Gasteiger partial charge < -0.3 is 9.73 Å². The number of thioether (sulfide) groups is 1. The van der Waals surface area contributed by atoms with E-state index in [0.29, 0.717) is 23.2 Å². The lowest BCUT2D eigenvalue weighted by Crippen LogP contribution is -2.15. The molecule has 0 unspecified atom stereocenters. The number of furan rings is 1. The van der Waals surface area contributed by atoms with Gasteiger partial charge in [0.25, 0.3) is 0 Å². The van der Waals surface area contributed by atoms with Gasteiger partial charge in [-0.3, -0.25) is 9.36 Å². The predicted octanol–water partition coefficient (Wildman–Crippen LogP) is 4.18. The fraction of sp³-hybridized carbons (Fsp3) is 0.278. The van der Waals surface area contributed by atoms with Crippen LogP contribution in [0, 0.1) is 0 Å². The molecule has 2 heterocycles. The summed E-state index contributed by atoms with van der Waals surface area (Å²) in [6, 6.07) is 10.9. The Bertz CT molecular complexity index is 906. The number of aromatic nitrogens is 3. The lowest BCUT2D eigenvalue weighted by molar-refractivity contribution is -0.113. The molecule has 1 aliphatic rings. The average Bonchev–Trinajstić information content (AvgIpc) is 3.18. The first-order valence-corrected chi connectivity index (χ1v) is 9.69. The Hall–Kier alpha value is -2.25. The van der Waals surface area contributed by atoms with E-state index in [9.17, 15) is 4.79 Å². The van der Waals surface area contributed by atoms with E-state index >= 15 is 0 Å². The third kappa shape index (κ3) is 4.11. The van der Waals surface area contributed by atoms with Crippen molar-refractivity contribution in [2.24, 2.45) is 0 Å². The van der Waals surface area contributed by atoms with Crippen molar-refractivity contribution in [3.63, 3.8) is 0 Å². The fourth-order valence-corrected chi connectivity index (χ4v) is 3.59. The Kier molecular flexibility index (Phi) is 4.99. The van der Waals surface area contributed by atoms with E-state index in [4.69, 9.17) is 16.0 Å². The van der Waals surface area contributed by atoms with Crippen LogP contribution in [0.2, 0.25) is 5.02 Å². The number of hydrogen-bond acceptors (Lipinski definition) is 5. The summed E-state index contributed by atoms with van der Waals surface area (Å²) in [4.78, 5) is 12.2. The summed E-state index contributed by atoms with van der Waals surface area (Å²) in [7, 11) is 0. The average molecular weight is 389 g/mol. The number of nitrogens with zero attached hydrogens (tertiary/aromatic N) is 3. The molecule has 1 fully saturated rings. The minimum absolute atomic E-state index is 0.113. The molecule has 2 aromatic heterocycles. The maximum Gasteiger partial charge on any atom is 0.234 e. The molecule has 0 aliphatic heterocycles. The lowest BCUT2D eigenvalue weighted by Gasteiger charge is -2.08. The minimum Gasteiger partial charge on any atom is -0.467 e. The van der Waals surface area contributed by atoms with Crippen LogP contribution >= 0.6 is 23.4 Å². The molecular formula is C18H17ClN4O2S. The van der Waals surface area contributed by atoms with Crippen molar-refractivity contribution in [3.05, 3.63) is 59.3 Å². The molecular weight excluding hydrogens is 372 g/mol. The van der Waals surface area contributed by atoms with Gasteiger partial charge in [-0.15, -0.1) is 10.2 Å². The maximum atomic E-state index is 12.2. The molecule has 0 spiro atoms. The summed E-state index contributed by atoms with van der Waals surface area (Å²) in [5.74, 6) is 2.41.